The van der Waals surface area contributed by atoms with Gasteiger partial charge in [-0.3, -0.25) is 4.90 Å². The fraction of sp³-hybridized carbons (Fsp3) is 1.00. The first kappa shape index (κ1) is 15.9. The number of methoxy groups -OCH3 is 1. The number of nitrogens with zero attached hydrogens (tertiary/aromatic N) is 1. The third kappa shape index (κ3) is 3.94. The van der Waals surface area contributed by atoms with Gasteiger partial charge in [0.25, 0.3) is 0 Å². The number of aliphatic hydroxyl groups is 1. The van der Waals surface area contributed by atoms with Gasteiger partial charge in [-0.15, -0.1) is 0 Å². The van der Waals surface area contributed by atoms with Gasteiger partial charge in [0, 0.05) is 19.7 Å². The van der Waals surface area contributed by atoms with Gasteiger partial charge in [0.1, 0.15) is 0 Å². The van der Waals surface area contributed by atoms with E-state index in [-0.39, 0.29) is 6.10 Å². The molecule has 0 spiro atoms. The van der Waals surface area contributed by atoms with Gasteiger partial charge in [-0.2, -0.15) is 0 Å². The molecular formula is C15H31NO2. The van der Waals surface area contributed by atoms with Crippen LogP contribution in [0, 0.1) is 11.3 Å². The topological polar surface area (TPSA) is 32.7 Å². The van der Waals surface area contributed by atoms with E-state index in [0.717, 1.165) is 38.3 Å². The maximum absolute atomic E-state index is 10.2. The van der Waals surface area contributed by atoms with Crippen LogP contribution >= 0.6 is 0 Å². The van der Waals surface area contributed by atoms with Crippen LogP contribution in [0.1, 0.15) is 46.5 Å². The average Bonchev–Trinajstić information content (AvgIpc) is 2.36. The third-order valence-electron chi connectivity index (χ3n) is 5.01. The Morgan fingerprint density at radius 2 is 2.00 bits per heavy atom. The lowest BCUT2D eigenvalue weighted by Gasteiger charge is -2.44. The number of hydrogen-bond acceptors (Lipinski definition) is 3. The van der Waals surface area contributed by atoms with Crippen LogP contribution in [0.5, 0.6) is 0 Å². The van der Waals surface area contributed by atoms with Crippen molar-refractivity contribution in [3.8, 4) is 0 Å². The molecule has 1 N–H and O–H groups in total. The molecule has 18 heavy (non-hydrogen) atoms. The van der Waals surface area contributed by atoms with Gasteiger partial charge in [-0.25, -0.2) is 0 Å². The second-order valence-corrected chi connectivity index (χ2v) is 6.46. The molecule has 1 fully saturated rings. The van der Waals surface area contributed by atoms with E-state index >= 15 is 0 Å². The van der Waals surface area contributed by atoms with E-state index in [0.29, 0.717) is 11.5 Å². The number of ether oxygens (including phenoxy) is 1. The Hall–Kier alpha value is -0.120. The molecule has 1 saturated carbocycles. The van der Waals surface area contributed by atoms with E-state index in [9.17, 15) is 5.11 Å². The van der Waals surface area contributed by atoms with Crippen molar-refractivity contribution in [1.82, 2.24) is 4.90 Å². The quantitative estimate of drug-likeness (QED) is 0.793. The first-order valence-corrected chi connectivity index (χ1v) is 7.29. The Morgan fingerprint density at radius 1 is 1.33 bits per heavy atom. The Morgan fingerprint density at radius 3 is 2.56 bits per heavy atom. The lowest BCUT2D eigenvalue weighted by molar-refractivity contribution is -0.0176. The van der Waals surface area contributed by atoms with Gasteiger partial charge >= 0.3 is 0 Å². The summed E-state index contributed by atoms with van der Waals surface area (Å²) in [7, 11) is 3.84. The molecule has 0 bridgehead atoms. The van der Waals surface area contributed by atoms with Crippen LogP contribution in [0.3, 0.4) is 0 Å². The number of likely N-dealkylation sites (N-methyl/N-ethyl adjacent to an activating group) is 1. The highest BCUT2D eigenvalue weighted by atomic mass is 16.5. The van der Waals surface area contributed by atoms with E-state index in [2.05, 4.69) is 32.7 Å². The summed E-state index contributed by atoms with van der Waals surface area (Å²) in [5.41, 5.74) is 0.389. The second-order valence-electron chi connectivity index (χ2n) is 6.46. The monoisotopic (exact) mass is 257 g/mol. The van der Waals surface area contributed by atoms with Gasteiger partial charge in [0.05, 0.1) is 12.7 Å². The molecule has 3 heteroatoms. The molecule has 0 saturated heterocycles. The minimum Gasteiger partial charge on any atom is -0.391 e. The Bertz CT molecular complexity index is 243. The summed E-state index contributed by atoms with van der Waals surface area (Å²) >= 11 is 0. The molecule has 0 heterocycles. The van der Waals surface area contributed by atoms with Crippen molar-refractivity contribution < 1.29 is 9.84 Å². The van der Waals surface area contributed by atoms with Crippen LogP contribution in [0.25, 0.3) is 0 Å². The maximum Gasteiger partial charge on any atom is 0.0695 e. The van der Waals surface area contributed by atoms with E-state index in [1.165, 1.54) is 6.42 Å². The smallest absolute Gasteiger partial charge is 0.0695 e. The molecule has 0 aromatic heterocycles. The average molecular weight is 257 g/mol. The summed E-state index contributed by atoms with van der Waals surface area (Å²) in [6.07, 6.45) is 4.26. The van der Waals surface area contributed by atoms with Crippen LogP contribution in [0.15, 0.2) is 0 Å². The summed E-state index contributed by atoms with van der Waals surface area (Å²) in [5, 5.41) is 10.2. The first-order chi connectivity index (χ1) is 8.42. The molecule has 0 aliphatic heterocycles. The van der Waals surface area contributed by atoms with E-state index in [4.69, 9.17) is 4.74 Å². The predicted octanol–water partition coefficient (Wildman–Crippen LogP) is 2.53. The minimum atomic E-state index is -0.171. The Labute approximate surface area is 113 Å². The maximum atomic E-state index is 10.2. The summed E-state index contributed by atoms with van der Waals surface area (Å²) < 4.78 is 5.13. The molecule has 0 aromatic rings. The SMILES string of the molecule is CCC(C)(C)C1CCC(O)C(N(C)CCOC)C1. The molecule has 1 aliphatic carbocycles. The van der Waals surface area contributed by atoms with Crippen molar-refractivity contribution in [3.63, 3.8) is 0 Å². The number of aliphatic hydroxyl groups excluding tert-OH is 1. The highest BCUT2D eigenvalue weighted by molar-refractivity contribution is 4.90. The summed E-state index contributed by atoms with van der Waals surface area (Å²) in [5.74, 6) is 0.723. The molecule has 1 aliphatic rings. The highest BCUT2D eigenvalue weighted by Gasteiger charge is 2.37. The predicted molar refractivity (Wildman–Crippen MR) is 75.7 cm³/mol. The second kappa shape index (κ2) is 6.88. The largest absolute Gasteiger partial charge is 0.391 e. The molecule has 3 atom stereocenters. The standard InChI is InChI=1S/C15H31NO2/c1-6-15(2,3)12-7-8-14(17)13(11-12)16(4)9-10-18-5/h12-14,17H,6-11H2,1-5H3. The molecule has 0 amide bonds. The number of rotatable bonds is 6. The van der Waals surface area contributed by atoms with Crippen LogP contribution in [0.2, 0.25) is 0 Å². The minimum absolute atomic E-state index is 0.171. The van der Waals surface area contributed by atoms with Crippen molar-refractivity contribution in [2.24, 2.45) is 11.3 Å². The van der Waals surface area contributed by atoms with E-state index in [1.807, 2.05) is 0 Å². The van der Waals surface area contributed by atoms with Crippen molar-refractivity contribution in [1.29, 1.82) is 0 Å². The molecule has 3 unspecified atom stereocenters. The van der Waals surface area contributed by atoms with Gasteiger partial charge in [-0.05, 0) is 37.6 Å². The lowest BCUT2D eigenvalue weighted by Crippen LogP contribution is -2.48. The molecule has 3 nitrogen and oxygen atoms in total. The zero-order valence-corrected chi connectivity index (χ0v) is 12.8. The summed E-state index contributed by atoms with van der Waals surface area (Å²) in [4.78, 5) is 2.27. The normalized spacial score (nSPS) is 29.8. The summed E-state index contributed by atoms with van der Waals surface area (Å²) in [6, 6.07) is 0.296. The van der Waals surface area contributed by atoms with E-state index < -0.39 is 0 Å². The zero-order chi connectivity index (χ0) is 13.8. The lowest BCUT2D eigenvalue weighted by atomic mass is 9.67. The first-order valence-electron chi connectivity index (χ1n) is 7.29. The molecule has 1 rings (SSSR count). The summed E-state index contributed by atoms with van der Waals surface area (Å²) in [6.45, 7) is 8.64. The molecule has 108 valence electrons. The fourth-order valence-electron chi connectivity index (χ4n) is 3.00. The van der Waals surface area contributed by atoms with Gasteiger partial charge in [0.2, 0.25) is 0 Å². The molecule has 0 radical (unpaired) electrons. The highest BCUT2D eigenvalue weighted by Crippen LogP contribution is 2.41. The van der Waals surface area contributed by atoms with Crippen molar-refractivity contribution in [2.45, 2.75) is 58.6 Å². The fourth-order valence-corrected chi connectivity index (χ4v) is 3.00. The third-order valence-corrected chi connectivity index (χ3v) is 5.01. The van der Waals surface area contributed by atoms with Crippen molar-refractivity contribution in [2.75, 3.05) is 27.3 Å². The van der Waals surface area contributed by atoms with Crippen molar-refractivity contribution >= 4 is 0 Å². The number of hydrogen-bond donors (Lipinski definition) is 1. The Kier molecular flexibility index (Phi) is 6.09. The van der Waals surface area contributed by atoms with Gasteiger partial charge in [0.15, 0.2) is 0 Å². The van der Waals surface area contributed by atoms with E-state index in [1.54, 1.807) is 7.11 Å². The van der Waals surface area contributed by atoms with Crippen LogP contribution in [-0.4, -0.2) is 49.5 Å². The van der Waals surface area contributed by atoms with Crippen LogP contribution in [-0.2, 0) is 4.74 Å². The molecular weight excluding hydrogens is 226 g/mol. The van der Waals surface area contributed by atoms with Crippen LogP contribution < -0.4 is 0 Å². The van der Waals surface area contributed by atoms with Crippen LogP contribution in [0.4, 0.5) is 0 Å². The van der Waals surface area contributed by atoms with Gasteiger partial charge in [-0.1, -0.05) is 27.2 Å². The van der Waals surface area contributed by atoms with Crippen molar-refractivity contribution in [3.05, 3.63) is 0 Å². The van der Waals surface area contributed by atoms with Gasteiger partial charge < -0.3 is 9.84 Å². The Balaban J connectivity index is 2.61. The zero-order valence-electron chi connectivity index (χ0n) is 12.8. The molecule has 0 aromatic carbocycles.